The van der Waals surface area contributed by atoms with Gasteiger partial charge in [0.2, 0.25) is 11.8 Å². The van der Waals surface area contributed by atoms with Crippen molar-refractivity contribution in [2.24, 2.45) is 0 Å². The average Bonchev–Trinajstić information content (AvgIpc) is 3.39. The van der Waals surface area contributed by atoms with Gasteiger partial charge in [0.15, 0.2) is 0 Å². The van der Waals surface area contributed by atoms with Gasteiger partial charge in [-0.2, -0.15) is 0 Å². The molecule has 1 saturated heterocycles. The fraction of sp³-hybridized carbons (Fsp3) is 0.480. The highest BCUT2D eigenvalue weighted by Crippen LogP contribution is 2.32. The van der Waals surface area contributed by atoms with Crippen LogP contribution in [-0.4, -0.2) is 35.4 Å². The van der Waals surface area contributed by atoms with Crippen molar-refractivity contribution in [3.05, 3.63) is 59.9 Å². The van der Waals surface area contributed by atoms with E-state index in [9.17, 15) is 9.59 Å². The summed E-state index contributed by atoms with van der Waals surface area (Å²) in [5.74, 6) is -0.220. The van der Waals surface area contributed by atoms with Crippen LogP contribution in [0.4, 0.5) is 5.69 Å². The molecule has 1 aromatic heterocycles. The van der Waals surface area contributed by atoms with Crippen molar-refractivity contribution in [2.45, 2.75) is 70.0 Å². The second-order valence-electron chi connectivity index (χ2n) is 9.63. The van der Waals surface area contributed by atoms with Crippen molar-refractivity contribution in [1.29, 1.82) is 0 Å². The van der Waals surface area contributed by atoms with Crippen molar-refractivity contribution in [3.8, 4) is 0 Å². The topological polar surface area (TPSA) is 74.3 Å². The van der Waals surface area contributed by atoms with E-state index in [1.807, 2.05) is 24.3 Å². The largest absolute Gasteiger partial charge is 0.351 e. The van der Waals surface area contributed by atoms with Gasteiger partial charge in [0.25, 0.3) is 0 Å². The Labute approximate surface area is 184 Å². The third-order valence-corrected chi connectivity index (χ3v) is 6.04. The summed E-state index contributed by atoms with van der Waals surface area (Å²) in [5.41, 5.74) is 2.63. The number of carbonyl (C=O) groups excluding carboxylic acids is 2. The van der Waals surface area contributed by atoms with Gasteiger partial charge in [0, 0.05) is 29.7 Å². The minimum absolute atomic E-state index is 0.00643. The van der Waals surface area contributed by atoms with Gasteiger partial charge >= 0.3 is 0 Å². The van der Waals surface area contributed by atoms with E-state index >= 15 is 0 Å². The highest BCUT2D eigenvalue weighted by Gasteiger charge is 2.38. The minimum atomic E-state index is -0.760. The molecule has 2 aliphatic rings. The molecule has 2 atom stereocenters. The van der Waals surface area contributed by atoms with Gasteiger partial charge in [-0.25, -0.2) is 0 Å². The van der Waals surface area contributed by atoms with E-state index in [-0.39, 0.29) is 29.3 Å². The maximum absolute atomic E-state index is 13.7. The number of anilines is 1. The fourth-order valence-electron chi connectivity index (χ4n) is 4.05. The molecule has 0 radical (unpaired) electrons. The minimum Gasteiger partial charge on any atom is -0.351 e. The second-order valence-corrected chi connectivity index (χ2v) is 9.63. The normalized spacial score (nSPS) is 19.6. The third kappa shape index (κ3) is 4.96. The first-order valence-corrected chi connectivity index (χ1v) is 11.2. The van der Waals surface area contributed by atoms with Gasteiger partial charge in [-0.3, -0.25) is 19.5 Å². The van der Waals surface area contributed by atoms with Gasteiger partial charge in [-0.15, -0.1) is 0 Å². The van der Waals surface area contributed by atoms with E-state index in [0.29, 0.717) is 5.56 Å². The lowest BCUT2D eigenvalue weighted by molar-refractivity contribution is -0.127. The summed E-state index contributed by atoms with van der Waals surface area (Å²) in [6.07, 6.45) is 7.08. The molecule has 2 heterocycles. The predicted molar refractivity (Wildman–Crippen MR) is 122 cm³/mol. The van der Waals surface area contributed by atoms with Crippen LogP contribution in [-0.2, 0) is 15.0 Å². The summed E-state index contributed by atoms with van der Waals surface area (Å²) >= 11 is 0. The van der Waals surface area contributed by atoms with Crippen LogP contribution in [0.15, 0.2) is 48.8 Å². The zero-order valence-corrected chi connectivity index (χ0v) is 18.6. The molecule has 1 aromatic carbocycles. The lowest BCUT2D eigenvalue weighted by atomic mass is 9.87. The number of rotatable bonds is 6. The zero-order valence-electron chi connectivity index (χ0n) is 18.6. The van der Waals surface area contributed by atoms with Crippen LogP contribution in [0.3, 0.4) is 0 Å². The molecule has 2 N–H and O–H groups in total. The van der Waals surface area contributed by atoms with Gasteiger partial charge < -0.3 is 10.6 Å². The Kier molecular flexibility index (Phi) is 6.10. The first-order chi connectivity index (χ1) is 14.8. The van der Waals surface area contributed by atoms with Gasteiger partial charge in [-0.05, 0) is 61.4 Å². The number of hydrogen-bond acceptors (Lipinski definition) is 4. The van der Waals surface area contributed by atoms with E-state index in [1.54, 1.807) is 17.3 Å². The number of aromatic nitrogens is 1. The summed E-state index contributed by atoms with van der Waals surface area (Å²) < 4.78 is 0. The number of nitrogens with zero attached hydrogens (tertiary/aromatic N) is 2. The standard InChI is InChI=1S/C25H32N4O2/c1-25(2,3)18-8-12-20(13-9-18)29(24(31)21-7-5-15-27-21)22(17-6-4-14-26-16-17)23(30)28-19-10-11-19/h4,6,8-9,12-14,16,19,21-22,27H,5,7,10-11,15H2,1-3H3,(H,28,30)/t21-,22?/m1/s1. The van der Waals surface area contributed by atoms with Crippen LogP contribution in [0, 0.1) is 0 Å². The van der Waals surface area contributed by atoms with Crippen LogP contribution < -0.4 is 15.5 Å². The number of amides is 2. The Morgan fingerprint density at radius 2 is 1.87 bits per heavy atom. The molecule has 2 amide bonds. The SMILES string of the molecule is CC(C)(C)c1ccc(N(C(=O)[C@H]2CCCN2)C(C(=O)NC2CC2)c2cccnc2)cc1. The average molecular weight is 421 g/mol. The summed E-state index contributed by atoms with van der Waals surface area (Å²) in [5, 5.41) is 6.40. The zero-order chi connectivity index (χ0) is 22.0. The summed E-state index contributed by atoms with van der Waals surface area (Å²) in [7, 11) is 0. The quantitative estimate of drug-likeness (QED) is 0.750. The number of pyridine rings is 1. The van der Waals surface area contributed by atoms with Gasteiger partial charge in [0.05, 0.1) is 6.04 Å². The van der Waals surface area contributed by atoms with Gasteiger partial charge in [0.1, 0.15) is 6.04 Å². The van der Waals surface area contributed by atoms with Gasteiger partial charge in [-0.1, -0.05) is 39.0 Å². The highest BCUT2D eigenvalue weighted by atomic mass is 16.2. The van der Waals surface area contributed by atoms with Crippen molar-refractivity contribution < 1.29 is 9.59 Å². The smallest absolute Gasteiger partial charge is 0.248 e. The van der Waals surface area contributed by atoms with Crippen LogP contribution in [0.2, 0.25) is 0 Å². The molecular weight excluding hydrogens is 388 g/mol. The Balaban J connectivity index is 1.76. The molecule has 4 rings (SSSR count). The molecule has 1 aliphatic carbocycles. The fourth-order valence-corrected chi connectivity index (χ4v) is 4.05. The number of hydrogen-bond donors (Lipinski definition) is 2. The lowest BCUT2D eigenvalue weighted by Crippen LogP contribution is -2.50. The van der Waals surface area contributed by atoms with Crippen molar-refractivity contribution in [3.63, 3.8) is 0 Å². The summed E-state index contributed by atoms with van der Waals surface area (Å²) in [6, 6.07) is 10.9. The Hall–Kier alpha value is -2.73. The molecule has 1 unspecified atom stereocenters. The van der Waals surface area contributed by atoms with Crippen molar-refractivity contribution in [1.82, 2.24) is 15.6 Å². The molecule has 164 valence electrons. The van der Waals surface area contributed by atoms with E-state index in [4.69, 9.17) is 0 Å². The van der Waals surface area contributed by atoms with Crippen LogP contribution in [0.25, 0.3) is 0 Å². The maximum Gasteiger partial charge on any atom is 0.248 e. The van der Waals surface area contributed by atoms with Crippen LogP contribution in [0.1, 0.15) is 63.6 Å². The number of carbonyl (C=O) groups is 2. The second kappa shape index (κ2) is 8.79. The summed E-state index contributed by atoms with van der Waals surface area (Å²) in [6.45, 7) is 7.30. The van der Waals surface area contributed by atoms with Crippen molar-refractivity contribution >= 4 is 17.5 Å². The first kappa shape index (κ1) is 21.5. The van der Waals surface area contributed by atoms with Crippen LogP contribution >= 0.6 is 0 Å². The molecule has 0 spiro atoms. The molecule has 2 fully saturated rings. The molecule has 1 aliphatic heterocycles. The molecule has 6 heteroatoms. The van der Waals surface area contributed by atoms with Crippen molar-refractivity contribution in [2.75, 3.05) is 11.4 Å². The molecule has 31 heavy (non-hydrogen) atoms. The monoisotopic (exact) mass is 420 g/mol. The van der Waals surface area contributed by atoms with E-state index in [1.165, 1.54) is 5.56 Å². The third-order valence-electron chi connectivity index (χ3n) is 6.04. The Morgan fingerprint density at radius 1 is 1.13 bits per heavy atom. The molecule has 6 nitrogen and oxygen atoms in total. The van der Waals surface area contributed by atoms with E-state index in [2.05, 4.69) is 48.5 Å². The molecule has 0 bridgehead atoms. The summed E-state index contributed by atoms with van der Waals surface area (Å²) in [4.78, 5) is 33.0. The Bertz CT molecular complexity index is 911. The number of benzene rings is 1. The maximum atomic E-state index is 13.7. The lowest BCUT2D eigenvalue weighted by Gasteiger charge is -2.33. The van der Waals surface area contributed by atoms with Crippen LogP contribution in [0.5, 0.6) is 0 Å². The predicted octanol–water partition coefficient (Wildman–Crippen LogP) is 3.48. The first-order valence-electron chi connectivity index (χ1n) is 11.2. The molecule has 2 aromatic rings. The highest BCUT2D eigenvalue weighted by molar-refractivity contribution is 6.04. The molecular formula is C25H32N4O2. The molecule has 1 saturated carbocycles. The Morgan fingerprint density at radius 3 is 2.42 bits per heavy atom. The van der Waals surface area contributed by atoms with E-state index < -0.39 is 6.04 Å². The number of nitrogens with one attached hydrogen (secondary N) is 2. The van der Waals surface area contributed by atoms with E-state index in [0.717, 1.165) is 37.9 Å².